The van der Waals surface area contributed by atoms with Crippen molar-refractivity contribution in [2.75, 3.05) is 13.7 Å². The number of fused-ring (bicyclic) bond motifs is 1. The number of hydrogen-bond acceptors (Lipinski definition) is 11. The van der Waals surface area contributed by atoms with E-state index in [2.05, 4.69) is 20.2 Å². The van der Waals surface area contributed by atoms with Gasteiger partial charge < -0.3 is 30.2 Å². The van der Waals surface area contributed by atoms with Crippen molar-refractivity contribution in [3.05, 3.63) is 36.4 Å². The molecule has 2 aliphatic carbocycles. The molecule has 1 aromatic heterocycles. The number of aromatic nitrogens is 2. The van der Waals surface area contributed by atoms with Crippen LogP contribution in [0.1, 0.15) is 91.9 Å². The average molecular weight is 853 g/mol. The standard InChI is InChI=1S/C40H55F3N6O9S/c1-23(12-6-7-13-25-14-8-9-15-28(25)34(51)48-59(54,55)27-18-19-27)20-24(2)32(45-38(53)58-39(3,4)40(41,42)43)37(52)49-22-26(21-31(49)33(44)50)57-36-30-17-11-10-16-29(30)35(56-5)46-47-36/h7,10-11,13,16-17,23-28,31-32H,6,8-9,12,14-15,18-22H2,1-5H3,(H2,44,50)(H,45,53)(H,48,51)/b13-7-/t23-,24-,25-,26-,28+,31+,32+/m1/s1. The number of hydrogen-bond donors (Lipinski definition) is 3. The molecular formula is C40H55F3N6O9S. The van der Waals surface area contributed by atoms with Gasteiger partial charge in [0.25, 0.3) is 0 Å². The number of halogens is 3. The van der Waals surface area contributed by atoms with E-state index in [4.69, 9.17) is 19.9 Å². The van der Waals surface area contributed by atoms with Crippen LogP contribution in [0.3, 0.4) is 0 Å². The highest BCUT2D eigenvalue weighted by Crippen LogP contribution is 2.36. The zero-order valence-corrected chi connectivity index (χ0v) is 34.8. The molecule has 4 N–H and O–H groups in total. The number of rotatable bonds is 17. The second-order valence-corrected chi connectivity index (χ2v) is 18.5. The number of alkyl halides is 3. The lowest BCUT2D eigenvalue weighted by Gasteiger charge is -2.33. The number of carbonyl (C=O) groups is 4. The van der Waals surface area contributed by atoms with Crippen molar-refractivity contribution >= 4 is 44.6 Å². The summed E-state index contributed by atoms with van der Waals surface area (Å²) in [6.07, 6.45) is 2.47. The molecule has 7 atom stereocenters. The summed E-state index contributed by atoms with van der Waals surface area (Å²) in [4.78, 5) is 54.3. The van der Waals surface area contributed by atoms with Crippen LogP contribution < -0.4 is 25.2 Å². The third-order valence-corrected chi connectivity index (χ3v) is 13.3. The highest BCUT2D eigenvalue weighted by molar-refractivity contribution is 7.90. The van der Waals surface area contributed by atoms with E-state index >= 15 is 0 Å². The highest BCUT2D eigenvalue weighted by atomic mass is 32.2. The number of likely N-dealkylation sites (tertiary alicyclic amines) is 1. The van der Waals surface area contributed by atoms with Gasteiger partial charge in [-0.3, -0.25) is 19.1 Å². The zero-order valence-electron chi connectivity index (χ0n) is 34.0. The first kappa shape index (κ1) is 45.4. The second kappa shape index (κ2) is 18.7. The molecular weight excluding hydrogens is 798 g/mol. The van der Waals surface area contributed by atoms with E-state index in [0.717, 1.165) is 19.3 Å². The Morgan fingerprint density at radius 2 is 1.66 bits per heavy atom. The normalized spacial score (nSPS) is 23.0. The van der Waals surface area contributed by atoms with Gasteiger partial charge >= 0.3 is 12.3 Å². The van der Waals surface area contributed by atoms with Crippen molar-refractivity contribution in [2.24, 2.45) is 29.4 Å². The largest absolute Gasteiger partial charge is 0.479 e. The van der Waals surface area contributed by atoms with Gasteiger partial charge in [0.2, 0.25) is 45.1 Å². The number of sulfonamides is 1. The van der Waals surface area contributed by atoms with Gasteiger partial charge in [-0.25, -0.2) is 13.2 Å². The number of primary amides is 1. The predicted octanol–water partition coefficient (Wildman–Crippen LogP) is 5.32. The molecule has 0 radical (unpaired) electrons. The molecule has 1 aromatic carbocycles. The number of nitrogens with zero attached hydrogens (tertiary/aromatic N) is 3. The van der Waals surface area contributed by atoms with Crippen molar-refractivity contribution < 1.29 is 55.0 Å². The van der Waals surface area contributed by atoms with Crippen LogP contribution in [0.15, 0.2) is 36.4 Å². The quantitative estimate of drug-likeness (QED) is 0.174. The van der Waals surface area contributed by atoms with Crippen LogP contribution in [-0.2, 0) is 29.1 Å². The van der Waals surface area contributed by atoms with E-state index in [1.54, 1.807) is 31.2 Å². The van der Waals surface area contributed by atoms with Gasteiger partial charge in [0.1, 0.15) is 18.2 Å². The molecule has 3 fully saturated rings. The van der Waals surface area contributed by atoms with Crippen molar-refractivity contribution in [3.63, 3.8) is 0 Å². The number of nitrogens with one attached hydrogen (secondary N) is 2. The maximum absolute atomic E-state index is 14.4. The Balaban J connectivity index is 1.27. The number of carbonyl (C=O) groups excluding carboxylic acids is 4. The Labute approximate surface area is 342 Å². The van der Waals surface area contributed by atoms with E-state index in [1.165, 1.54) is 12.0 Å². The van der Waals surface area contributed by atoms with Crippen LogP contribution in [0, 0.1) is 23.7 Å². The summed E-state index contributed by atoms with van der Waals surface area (Å²) in [5.74, 6) is -2.97. The number of allylic oxidation sites excluding steroid dienone is 2. The van der Waals surface area contributed by atoms with E-state index < -0.39 is 80.9 Å². The molecule has 1 saturated heterocycles. The van der Waals surface area contributed by atoms with Crippen molar-refractivity contribution in [3.8, 4) is 11.8 Å². The highest BCUT2D eigenvalue weighted by Gasteiger charge is 2.52. The number of nitrogens with two attached hydrogens (primary N) is 1. The lowest BCUT2D eigenvalue weighted by atomic mass is 9.78. The fourth-order valence-corrected chi connectivity index (χ4v) is 9.21. The summed E-state index contributed by atoms with van der Waals surface area (Å²) < 4.78 is 84.4. The van der Waals surface area contributed by atoms with Crippen molar-refractivity contribution in [1.82, 2.24) is 25.1 Å². The zero-order chi connectivity index (χ0) is 43.3. The van der Waals surface area contributed by atoms with Gasteiger partial charge in [-0.05, 0) is 88.7 Å². The Morgan fingerprint density at radius 3 is 2.29 bits per heavy atom. The van der Waals surface area contributed by atoms with Crippen LogP contribution in [0.5, 0.6) is 11.8 Å². The number of amides is 4. The van der Waals surface area contributed by atoms with Gasteiger partial charge in [-0.15, -0.1) is 10.2 Å². The molecule has 0 spiro atoms. The summed E-state index contributed by atoms with van der Waals surface area (Å²) in [5.41, 5.74) is 2.89. The first-order valence-corrected chi connectivity index (χ1v) is 21.6. The summed E-state index contributed by atoms with van der Waals surface area (Å²) in [6, 6.07) is 4.46. The number of methoxy groups -OCH3 is 1. The molecule has 0 bridgehead atoms. The van der Waals surface area contributed by atoms with Gasteiger partial charge in [-0.2, -0.15) is 13.2 Å². The average Bonchev–Trinajstić information content (AvgIpc) is 3.95. The minimum Gasteiger partial charge on any atom is -0.479 e. The number of alkyl carbamates (subject to hydrolysis) is 1. The Morgan fingerprint density at radius 1 is 1.02 bits per heavy atom. The molecule has 3 aliphatic rings. The molecule has 2 saturated carbocycles. The Bertz CT molecular complexity index is 1990. The molecule has 5 rings (SSSR count). The van der Waals surface area contributed by atoms with Crippen LogP contribution in [-0.4, -0.2) is 96.2 Å². The van der Waals surface area contributed by atoms with E-state index in [1.807, 2.05) is 19.1 Å². The monoisotopic (exact) mass is 852 g/mol. The summed E-state index contributed by atoms with van der Waals surface area (Å²) in [7, 11) is -2.21. The van der Waals surface area contributed by atoms with Gasteiger partial charge in [0.05, 0.1) is 29.7 Å². The first-order chi connectivity index (χ1) is 27.7. The van der Waals surface area contributed by atoms with Crippen molar-refractivity contribution in [1.29, 1.82) is 0 Å². The maximum atomic E-state index is 14.4. The summed E-state index contributed by atoms with van der Waals surface area (Å²) in [6.45, 7) is 4.83. The van der Waals surface area contributed by atoms with E-state index in [0.29, 0.717) is 63.1 Å². The predicted molar refractivity (Wildman–Crippen MR) is 210 cm³/mol. The second-order valence-electron chi connectivity index (χ2n) is 16.6. The molecule has 59 heavy (non-hydrogen) atoms. The number of benzene rings is 1. The molecule has 2 heterocycles. The summed E-state index contributed by atoms with van der Waals surface area (Å²) >= 11 is 0. The van der Waals surface area contributed by atoms with Crippen LogP contribution in [0.2, 0.25) is 0 Å². The Kier molecular flexibility index (Phi) is 14.4. The third kappa shape index (κ3) is 11.3. The molecule has 0 unspecified atom stereocenters. The molecule has 1 aliphatic heterocycles. The SMILES string of the molecule is COc1nnc(O[C@@H]2C[C@@H](C(N)=O)N(C(=O)[C@@H](NC(=O)OC(C)(C)C(F)(F)F)[C@H](C)C[C@H](C)CC/C=C\[C@@H]3CCCC[C@@H]3C(=O)NS(=O)(=O)C3CC3)C2)c2ccccc12. The van der Waals surface area contributed by atoms with Crippen LogP contribution in [0.4, 0.5) is 18.0 Å². The minimum absolute atomic E-state index is 0.0294. The van der Waals surface area contributed by atoms with Crippen LogP contribution in [0.25, 0.3) is 10.8 Å². The third-order valence-electron chi connectivity index (χ3n) is 11.5. The van der Waals surface area contributed by atoms with E-state index in [-0.39, 0.29) is 36.6 Å². The van der Waals surface area contributed by atoms with Gasteiger partial charge in [-0.1, -0.05) is 51.0 Å². The molecule has 19 heteroatoms. The summed E-state index contributed by atoms with van der Waals surface area (Å²) in [5, 5.41) is 11.2. The topological polar surface area (TPSA) is 209 Å². The van der Waals surface area contributed by atoms with Gasteiger partial charge in [0.15, 0.2) is 0 Å². The molecule has 4 amide bonds. The maximum Gasteiger partial charge on any atom is 0.427 e. The lowest BCUT2D eigenvalue weighted by Crippen LogP contribution is -2.56. The number of ether oxygens (including phenoxy) is 3. The van der Waals surface area contributed by atoms with E-state index in [9.17, 15) is 40.8 Å². The smallest absolute Gasteiger partial charge is 0.427 e. The van der Waals surface area contributed by atoms with Gasteiger partial charge in [0, 0.05) is 12.3 Å². The van der Waals surface area contributed by atoms with Crippen LogP contribution >= 0.6 is 0 Å². The fourth-order valence-electron chi connectivity index (χ4n) is 7.85. The molecule has 15 nitrogen and oxygen atoms in total. The minimum atomic E-state index is -4.90. The molecule has 2 aromatic rings. The Hall–Kier alpha value is -4.68. The molecule has 326 valence electrons. The fraction of sp³-hybridized carbons (Fsp3) is 0.650. The lowest BCUT2D eigenvalue weighted by molar-refractivity contribution is -0.244. The van der Waals surface area contributed by atoms with Crippen molar-refractivity contribution in [2.45, 2.75) is 127 Å². The first-order valence-electron chi connectivity index (χ1n) is 20.1.